The van der Waals surface area contributed by atoms with Gasteiger partial charge in [0, 0.05) is 31.0 Å². The van der Waals surface area contributed by atoms with Crippen molar-refractivity contribution in [2.24, 2.45) is 0 Å². The largest absolute Gasteiger partial charge is 0.378 e. The van der Waals surface area contributed by atoms with Crippen molar-refractivity contribution in [2.75, 3.05) is 24.3 Å². The summed E-state index contributed by atoms with van der Waals surface area (Å²) in [5, 5.41) is 5.73. The summed E-state index contributed by atoms with van der Waals surface area (Å²) in [6.07, 6.45) is 0.220. The SMILES string of the molecule is CN(C)c1ccc(NC(=O)C[C@H]2NC(=O)c3ccccc32)cc1. The van der Waals surface area contributed by atoms with Gasteiger partial charge in [-0.25, -0.2) is 0 Å². The van der Waals surface area contributed by atoms with E-state index in [0.29, 0.717) is 5.56 Å². The molecule has 0 fully saturated rings. The third kappa shape index (κ3) is 3.18. The average molecular weight is 309 g/mol. The van der Waals surface area contributed by atoms with E-state index in [-0.39, 0.29) is 24.3 Å². The van der Waals surface area contributed by atoms with Gasteiger partial charge in [0.1, 0.15) is 0 Å². The van der Waals surface area contributed by atoms with Crippen molar-refractivity contribution < 1.29 is 9.59 Å². The highest BCUT2D eigenvalue weighted by Crippen LogP contribution is 2.27. The molecule has 5 nitrogen and oxygen atoms in total. The number of nitrogens with zero attached hydrogens (tertiary/aromatic N) is 1. The number of carbonyl (C=O) groups excluding carboxylic acids is 2. The Kier molecular flexibility index (Phi) is 4.02. The molecule has 0 unspecified atom stereocenters. The molecule has 0 radical (unpaired) electrons. The van der Waals surface area contributed by atoms with Crippen molar-refractivity contribution in [1.29, 1.82) is 0 Å². The highest BCUT2D eigenvalue weighted by Gasteiger charge is 2.29. The van der Waals surface area contributed by atoms with Crippen LogP contribution in [-0.4, -0.2) is 25.9 Å². The van der Waals surface area contributed by atoms with Gasteiger partial charge >= 0.3 is 0 Å². The molecule has 3 rings (SSSR count). The van der Waals surface area contributed by atoms with Crippen LogP contribution in [0.15, 0.2) is 48.5 Å². The molecule has 0 saturated heterocycles. The molecule has 2 aromatic rings. The number of rotatable bonds is 4. The van der Waals surface area contributed by atoms with Gasteiger partial charge in [-0.1, -0.05) is 18.2 Å². The molecule has 2 N–H and O–H groups in total. The molecule has 0 bridgehead atoms. The molecule has 1 aliphatic heterocycles. The number of fused-ring (bicyclic) bond motifs is 1. The average Bonchev–Trinajstić information content (AvgIpc) is 2.84. The van der Waals surface area contributed by atoms with Gasteiger partial charge in [-0.3, -0.25) is 9.59 Å². The van der Waals surface area contributed by atoms with Gasteiger partial charge in [0.05, 0.1) is 12.5 Å². The third-order valence-corrected chi connectivity index (χ3v) is 3.94. The van der Waals surface area contributed by atoms with E-state index in [1.165, 1.54) is 0 Å². The van der Waals surface area contributed by atoms with E-state index in [9.17, 15) is 9.59 Å². The predicted molar refractivity (Wildman–Crippen MR) is 90.7 cm³/mol. The van der Waals surface area contributed by atoms with Crippen LogP contribution in [-0.2, 0) is 4.79 Å². The number of anilines is 2. The number of nitrogens with one attached hydrogen (secondary N) is 2. The van der Waals surface area contributed by atoms with Crippen LogP contribution in [0.25, 0.3) is 0 Å². The molecule has 118 valence electrons. The van der Waals surface area contributed by atoms with E-state index in [0.717, 1.165) is 16.9 Å². The Morgan fingerprint density at radius 3 is 2.52 bits per heavy atom. The van der Waals surface area contributed by atoms with Gasteiger partial charge in [-0.15, -0.1) is 0 Å². The smallest absolute Gasteiger partial charge is 0.252 e. The first-order valence-corrected chi connectivity index (χ1v) is 7.51. The molecule has 1 heterocycles. The molecule has 1 aliphatic rings. The molecular formula is C18H19N3O2. The lowest BCUT2D eigenvalue weighted by molar-refractivity contribution is -0.116. The fourth-order valence-corrected chi connectivity index (χ4v) is 2.72. The van der Waals surface area contributed by atoms with E-state index in [1.807, 2.05) is 61.5 Å². The minimum Gasteiger partial charge on any atom is -0.378 e. The fraction of sp³-hybridized carbons (Fsp3) is 0.222. The summed E-state index contributed by atoms with van der Waals surface area (Å²) in [6, 6.07) is 14.7. The molecule has 0 aromatic heterocycles. The number of amides is 2. The lowest BCUT2D eigenvalue weighted by Crippen LogP contribution is -2.24. The van der Waals surface area contributed by atoms with Crippen LogP contribution in [0, 0.1) is 0 Å². The van der Waals surface area contributed by atoms with Crippen molar-refractivity contribution >= 4 is 23.2 Å². The van der Waals surface area contributed by atoms with Crippen LogP contribution in [0.2, 0.25) is 0 Å². The van der Waals surface area contributed by atoms with Crippen LogP contribution in [0.1, 0.15) is 28.4 Å². The van der Waals surface area contributed by atoms with Crippen LogP contribution in [0.4, 0.5) is 11.4 Å². The predicted octanol–water partition coefficient (Wildman–Crippen LogP) is 2.57. The number of carbonyl (C=O) groups is 2. The summed E-state index contributed by atoms with van der Waals surface area (Å²) in [4.78, 5) is 26.1. The Morgan fingerprint density at radius 2 is 1.83 bits per heavy atom. The van der Waals surface area contributed by atoms with Crippen molar-refractivity contribution in [3.8, 4) is 0 Å². The monoisotopic (exact) mass is 309 g/mol. The van der Waals surface area contributed by atoms with Gasteiger partial charge < -0.3 is 15.5 Å². The topological polar surface area (TPSA) is 61.4 Å². The quantitative estimate of drug-likeness (QED) is 0.912. The maximum Gasteiger partial charge on any atom is 0.252 e. The summed E-state index contributed by atoms with van der Waals surface area (Å²) in [7, 11) is 3.93. The number of hydrogen-bond donors (Lipinski definition) is 2. The Hall–Kier alpha value is -2.82. The Balaban J connectivity index is 1.65. The minimum absolute atomic E-state index is 0.117. The number of hydrogen-bond acceptors (Lipinski definition) is 3. The fourth-order valence-electron chi connectivity index (χ4n) is 2.72. The van der Waals surface area contributed by atoms with Gasteiger partial charge in [-0.05, 0) is 35.9 Å². The third-order valence-electron chi connectivity index (χ3n) is 3.94. The van der Waals surface area contributed by atoms with E-state index in [1.54, 1.807) is 6.07 Å². The Labute approximate surface area is 135 Å². The molecule has 23 heavy (non-hydrogen) atoms. The first-order chi connectivity index (χ1) is 11.0. The Bertz CT molecular complexity index is 738. The van der Waals surface area contributed by atoms with E-state index in [2.05, 4.69) is 10.6 Å². The van der Waals surface area contributed by atoms with Gasteiger partial charge in [0.2, 0.25) is 5.91 Å². The lowest BCUT2D eigenvalue weighted by atomic mass is 10.0. The van der Waals surface area contributed by atoms with Crippen molar-refractivity contribution in [3.05, 3.63) is 59.7 Å². The van der Waals surface area contributed by atoms with Crippen LogP contribution >= 0.6 is 0 Å². The van der Waals surface area contributed by atoms with E-state index in [4.69, 9.17) is 0 Å². The molecule has 2 aromatic carbocycles. The minimum atomic E-state index is -0.264. The van der Waals surface area contributed by atoms with Crippen LogP contribution in [0.3, 0.4) is 0 Å². The second-order valence-corrected chi connectivity index (χ2v) is 5.81. The maximum absolute atomic E-state index is 12.2. The van der Waals surface area contributed by atoms with E-state index < -0.39 is 0 Å². The van der Waals surface area contributed by atoms with Crippen LogP contribution in [0.5, 0.6) is 0 Å². The summed E-state index contributed by atoms with van der Waals surface area (Å²) >= 11 is 0. The molecule has 5 heteroatoms. The molecule has 2 amide bonds. The summed E-state index contributed by atoms with van der Waals surface area (Å²) in [5.74, 6) is -0.238. The highest BCUT2D eigenvalue weighted by molar-refractivity contribution is 6.00. The van der Waals surface area contributed by atoms with Crippen molar-refractivity contribution in [1.82, 2.24) is 5.32 Å². The zero-order valence-electron chi connectivity index (χ0n) is 13.2. The Morgan fingerprint density at radius 1 is 1.13 bits per heavy atom. The van der Waals surface area contributed by atoms with Crippen molar-refractivity contribution in [3.63, 3.8) is 0 Å². The molecule has 1 atom stereocenters. The molecule has 0 saturated carbocycles. The van der Waals surface area contributed by atoms with Gasteiger partial charge in [0.25, 0.3) is 5.91 Å². The van der Waals surface area contributed by atoms with Crippen molar-refractivity contribution in [2.45, 2.75) is 12.5 Å². The second kappa shape index (κ2) is 6.12. The molecular weight excluding hydrogens is 290 g/mol. The maximum atomic E-state index is 12.2. The second-order valence-electron chi connectivity index (χ2n) is 5.81. The lowest BCUT2D eigenvalue weighted by Gasteiger charge is -2.14. The number of benzene rings is 2. The molecule has 0 aliphatic carbocycles. The standard InChI is InChI=1S/C18H19N3O2/c1-21(2)13-9-7-12(8-10-13)19-17(22)11-16-14-5-3-4-6-15(14)18(23)20-16/h3-10,16H,11H2,1-2H3,(H,19,22)(H,20,23)/t16-/m1/s1. The zero-order valence-corrected chi connectivity index (χ0v) is 13.2. The van der Waals surface area contributed by atoms with E-state index >= 15 is 0 Å². The first kappa shape index (κ1) is 15.1. The highest BCUT2D eigenvalue weighted by atomic mass is 16.2. The summed E-state index contributed by atoms with van der Waals surface area (Å²) in [5.41, 5.74) is 3.36. The summed E-state index contributed by atoms with van der Waals surface area (Å²) < 4.78 is 0. The van der Waals surface area contributed by atoms with Gasteiger partial charge in [-0.2, -0.15) is 0 Å². The normalized spacial score (nSPS) is 15.7. The zero-order chi connectivity index (χ0) is 16.4. The summed E-state index contributed by atoms with van der Waals surface area (Å²) in [6.45, 7) is 0. The molecule has 0 spiro atoms. The first-order valence-electron chi connectivity index (χ1n) is 7.51. The van der Waals surface area contributed by atoms with Gasteiger partial charge in [0.15, 0.2) is 0 Å². The van der Waals surface area contributed by atoms with Crippen LogP contribution < -0.4 is 15.5 Å².